The number of phenols is 2. The lowest BCUT2D eigenvalue weighted by Gasteiger charge is -2.45. The summed E-state index contributed by atoms with van der Waals surface area (Å²) in [7, 11) is 1.81. The Morgan fingerprint density at radius 2 is 1.89 bits per heavy atom. The number of carbonyl (C=O) groups excluding carboxylic acids is 1. The van der Waals surface area contributed by atoms with Gasteiger partial charge in [0.2, 0.25) is 17.2 Å². The number of rotatable bonds is 17. The summed E-state index contributed by atoms with van der Waals surface area (Å²) in [4.78, 5) is 43.6. The van der Waals surface area contributed by atoms with Crippen LogP contribution in [0.5, 0.6) is 17.2 Å². The maximum Gasteiger partial charge on any atom is 0.222 e. The Bertz CT molecular complexity index is 2520. The van der Waals surface area contributed by atoms with Crippen LogP contribution < -0.4 is 25.7 Å². The number of benzene rings is 3. The third-order valence-corrected chi connectivity index (χ3v) is 12.6. The van der Waals surface area contributed by atoms with Crippen molar-refractivity contribution in [2.75, 3.05) is 39.9 Å². The first-order chi connectivity index (χ1) is 29.7. The van der Waals surface area contributed by atoms with Crippen LogP contribution in [0.1, 0.15) is 42.6 Å². The lowest BCUT2D eigenvalue weighted by atomic mass is 9.79. The van der Waals surface area contributed by atoms with Gasteiger partial charge in [-0.05, 0) is 86.6 Å². The molecule has 8 atom stereocenters. The fourth-order valence-electron chi connectivity index (χ4n) is 9.18. The average Bonchev–Trinajstić information content (AvgIpc) is 3.99. The van der Waals surface area contributed by atoms with Crippen molar-refractivity contribution < 1.29 is 64.4 Å². The number of allylic oxidation sites excluding steroid dienone is 1. The Labute approximate surface area is 356 Å². The molecule has 0 spiro atoms. The van der Waals surface area contributed by atoms with Crippen molar-refractivity contribution >= 4 is 39.6 Å². The third kappa shape index (κ3) is 8.35. The van der Waals surface area contributed by atoms with Gasteiger partial charge in [0.05, 0.1) is 12.0 Å². The molecule has 0 saturated carbocycles. The zero-order valence-corrected chi connectivity index (χ0v) is 34.5. The van der Waals surface area contributed by atoms with E-state index in [1.807, 2.05) is 12.3 Å². The van der Waals surface area contributed by atoms with Crippen LogP contribution in [0.25, 0.3) is 21.7 Å². The standard InChI is InChI=1S/C45H52N4O13/c1-24-13-35(53)32-15-28-16-37(62-59-23-44(58,43(57)40(56)36(54)22-50)18-26-3-6-34(52)30-5-4-29(51)17-31(26)30)45(10-12-46-2,9-7-25-14-38(55)48-19-25)61-41(28)39(42(32)60-24)49-20-27-8-11-47-33(27)21-49/h3-6,8,11,13,15,17,21,25,36-37,40,43,46,50-52,54,56-58H,7,9-10,12,14,16,18-20,22-23H2,1-2H3,(H,48,55)/p+1/t25-,36+,37+,40+,43-,44-,45-/m0/s1. The van der Waals surface area contributed by atoms with Gasteiger partial charge in [0.15, 0.2) is 11.2 Å². The number of carbonyl (C=O) groups is 1. The summed E-state index contributed by atoms with van der Waals surface area (Å²) in [5.41, 5.74) is 0.00177. The molecule has 3 aromatic carbocycles. The number of aryl methyl sites for hydroxylation is 1. The number of fused-ring (bicyclic) bond motifs is 4. The fourth-order valence-corrected chi connectivity index (χ4v) is 9.18. The van der Waals surface area contributed by atoms with Gasteiger partial charge in [0.1, 0.15) is 77.9 Å². The van der Waals surface area contributed by atoms with Crippen molar-refractivity contribution in [1.29, 1.82) is 0 Å². The highest BCUT2D eigenvalue weighted by molar-refractivity contribution is 5.92. The molecule has 330 valence electrons. The predicted octanol–water partition coefficient (Wildman–Crippen LogP) is 0.613. The lowest BCUT2D eigenvalue weighted by Crippen LogP contribution is -3.01. The summed E-state index contributed by atoms with van der Waals surface area (Å²) in [6.45, 7) is 1.49. The summed E-state index contributed by atoms with van der Waals surface area (Å²) in [6, 6.07) is 10.3. The van der Waals surface area contributed by atoms with E-state index in [-0.39, 0.29) is 35.2 Å². The van der Waals surface area contributed by atoms with E-state index in [1.54, 1.807) is 26.3 Å². The minimum absolute atomic E-state index is 0.00892. The van der Waals surface area contributed by atoms with Crippen LogP contribution >= 0.6 is 0 Å². The van der Waals surface area contributed by atoms with Gasteiger partial charge in [0, 0.05) is 61.0 Å². The van der Waals surface area contributed by atoms with Crippen molar-refractivity contribution in [3.8, 4) is 17.2 Å². The maximum atomic E-state index is 13.6. The topological polar surface area (TPSA) is 257 Å². The molecule has 1 amide bonds. The molecular formula is C45H53N4O13+. The zero-order valence-electron chi connectivity index (χ0n) is 34.5. The van der Waals surface area contributed by atoms with Crippen molar-refractivity contribution in [2.45, 2.75) is 81.1 Å². The summed E-state index contributed by atoms with van der Waals surface area (Å²) in [6.07, 6.45) is 0.131. The Kier molecular flexibility index (Phi) is 12.3. The number of phenolic OH excluding ortho intramolecular Hbond substituents is 2. The molecule has 4 aromatic rings. The van der Waals surface area contributed by atoms with Gasteiger partial charge in [0.25, 0.3) is 0 Å². The molecule has 0 radical (unpaired) electrons. The first-order valence-electron chi connectivity index (χ1n) is 20.8. The second-order valence-electron chi connectivity index (χ2n) is 17.0. The summed E-state index contributed by atoms with van der Waals surface area (Å²) in [5, 5.41) is 82.8. The molecule has 17 heteroatoms. The Balaban J connectivity index is 1.19. The molecule has 1 unspecified atom stereocenters. The van der Waals surface area contributed by atoms with E-state index in [4.69, 9.17) is 18.9 Å². The summed E-state index contributed by atoms with van der Waals surface area (Å²) >= 11 is 0. The number of nitrogens with one attached hydrogen (secondary N) is 3. The van der Waals surface area contributed by atoms with E-state index in [0.717, 1.165) is 16.2 Å². The van der Waals surface area contributed by atoms with Gasteiger partial charge in [-0.15, -0.1) is 0 Å². The molecule has 1 aromatic heterocycles. The Morgan fingerprint density at radius 1 is 1.06 bits per heavy atom. The summed E-state index contributed by atoms with van der Waals surface area (Å²) in [5.74, 6) is 0.681. The second kappa shape index (κ2) is 17.5. The van der Waals surface area contributed by atoms with Crippen LogP contribution in [0.3, 0.4) is 0 Å². The van der Waals surface area contributed by atoms with E-state index in [0.29, 0.717) is 95.4 Å². The van der Waals surface area contributed by atoms with Gasteiger partial charge in [-0.3, -0.25) is 19.5 Å². The van der Waals surface area contributed by atoms with Gasteiger partial charge in [-0.1, -0.05) is 6.07 Å². The minimum Gasteiger partial charge on any atom is -0.508 e. The molecule has 4 aliphatic heterocycles. The minimum atomic E-state index is -2.41. The number of amides is 1. The van der Waals surface area contributed by atoms with E-state index >= 15 is 0 Å². The number of aliphatic hydroxyl groups is 5. The van der Waals surface area contributed by atoms with Crippen LogP contribution in [0.4, 0.5) is 5.69 Å². The fraction of sp³-hybridized carbons (Fsp3) is 0.444. The SMILES string of the molecule is CNCC[C@]1(CC[C@@H]2CNC(=O)C2)Oc2c(cc3c(=O)cc(C)oc3c2[NH+]2C=C3N=CC=C3C2)C[C@H]1OOC[C@@](O)(Cc1ccc(O)c2ccc(O)cc12)[C@@H](O)[C@H](O)[C@H](O)CO. The highest BCUT2D eigenvalue weighted by atomic mass is 17.2. The van der Waals surface area contributed by atoms with Crippen LogP contribution in [0, 0.1) is 12.8 Å². The van der Waals surface area contributed by atoms with E-state index in [9.17, 15) is 45.3 Å². The Hall–Kier alpha value is -5.21. The van der Waals surface area contributed by atoms with Gasteiger partial charge < -0.3 is 55.5 Å². The van der Waals surface area contributed by atoms with Crippen LogP contribution in [-0.4, -0.2) is 123 Å². The number of hydrogen-bond donors (Lipinski definition) is 10. The monoisotopic (exact) mass is 857 g/mol. The second-order valence-corrected chi connectivity index (χ2v) is 17.0. The zero-order chi connectivity index (χ0) is 43.9. The molecule has 17 nitrogen and oxygen atoms in total. The number of ether oxygens (including phenoxy) is 1. The molecule has 0 aliphatic carbocycles. The van der Waals surface area contributed by atoms with Gasteiger partial charge >= 0.3 is 0 Å². The van der Waals surface area contributed by atoms with E-state index < -0.39 is 55.3 Å². The third-order valence-electron chi connectivity index (χ3n) is 12.6. The molecule has 0 bridgehead atoms. The number of aliphatic imine (C=N–C) groups is 1. The number of aliphatic hydroxyl groups excluding tert-OH is 4. The first kappa shape index (κ1) is 43.4. The molecule has 10 N–H and O–H groups in total. The van der Waals surface area contributed by atoms with Crippen molar-refractivity contribution in [3.05, 3.63) is 93.1 Å². The number of aromatic hydroxyl groups is 2. The quantitative estimate of drug-likeness (QED) is 0.0516. The van der Waals surface area contributed by atoms with Crippen LogP contribution in [0.2, 0.25) is 0 Å². The van der Waals surface area contributed by atoms with Crippen molar-refractivity contribution in [2.24, 2.45) is 10.9 Å². The van der Waals surface area contributed by atoms with Crippen LogP contribution in [-0.2, 0) is 27.4 Å². The number of hydrogen-bond acceptors (Lipinski definition) is 15. The van der Waals surface area contributed by atoms with Crippen LogP contribution in [0.15, 0.2) is 80.2 Å². The number of quaternary nitrogens is 1. The molecule has 62 heavy (non-hydrogen) atoms. The van der Waals surface area contributed by atoms with E-state index in [2.05, 4.69) is 15.6 Å². The molecule has 1 saturated heterocycles. The molecule has 1 fully saturated rings. The van der Waals surface area contributed by atoms with E-state index in [1.165, 1.54) is 36.4 Å². The lowest BCUT2D eigenvalue weighted by molar-refractivity contribution is -0.763. The maximum absolute atomic E-state index is 13.6. The van der Waals surface area contributed by atoms with Crippen molar-refractivity contribution in [3.63, 3.8) is 0 Å². The predicted molar refractivity (Wildman–Crippen MR) is 225 cm³/mol. The largest absolute Gasteiger partial charge is 0.508 e. The highest BCUT2D eigenvalue weighted by Crippen LogP contribution is 2.46. The molecule has 5 heterocycles. The molecule has 8 rings (SSSR count). The Morgan fingerprint density at radius 3 is 2.63 bits per heavy atom. The van der Waals surface area contributed by atoms with Gasteiger partial charge in [-0.25, -0.2) is 9.78 Å². The summed E-state index contributed by atoms with van der Waals surface area (Å²) < 4.78 is 13.6. The highest BCUT2D eigenvalue weighted by Gasteiger charge is 2.51. The molecule has 4 aliphatic rings. The number of nitrogens with zero attached hydrogens (tertiary/aromatic N) is 1. The first-order valence-corrected chi connectivity index (χ1v) is 20.8. The van der Waals surface area contributed by atoms with Gasteiger partial charge in [-0.2, -0.15) is 0 Å². The molecular weight excluding hydrogens is 805 g/mol. The smallest absolute Gasteiger partial charge is 0.222 e. The van der Waals surface area contributed by atoms with Crippen molar-refractivity contribution in [1.82, 2.24) is 10.6 Å². The average molecular weight is 858 g/mol. The normalized spacial score (nSPS) is 24.2.